The molecular formula is C28H30FN3O4. The fourth-order valence-electron chi connectivity index (χ4n) is 5.16. The summed E-state index contributed by atoms with van der Waals surface area (Å²) in [5, 5.41) is 9.64. The maximum atomic E-state index is 14.6. The Morgan fingerprint density at radius 1 is 1.22 bits per heavy atom. The Hall–Kier alpha value is -3.55. The fraction of sp³-hybridized carbons (Fsp3) is 0.429. The predicted octanol–water partition coefficient (Wildman–Crippen LogP) is 5.53. The van der Waals surface area contributed by atoms with Crippen molar-refractivity contribution >= 4 is 5.97 Å². The third kappa shape index (κ3) is 4.64. The third-order valence-electron chi connectivity index (χ3n) is 7.30. The SMILES string of the molecule is CCc1nc([C@H]2CCc3ccc([C@H](C4CC4)[C@H](C)C(=O)O)cc3O2)cnc1-c1cc(OC)ncc1F. The minimum Gasteiger partial charge on any atom is -0.484 e. The van der Waals surface area contributed by atoms with Crippen molar-refractivity contribution in [2.45, 2.75) is 58.0 Å². The van der Waals surface area contributed by atoms with Crippen LogP contribution in [-0.2, 0) is 17.6 Å². The number of aromatic nitrogens is 3. The van der Waals surface area contributed by atoms with Gasteiger partial charge in [0, 0.05) is 11.6 Å². The fourth-order valence-corrected chi connectivity index (χ4v) is 5.16. The van der Waals surface area contributed by atoms with Crippen LogP contribution in [0.5, 0.6) is 11.6 Å². The molecule has 0 bridgehead atoms. The molecule has 36 heavy (non-hydrogen) atoms. The summed E-state index contributed by atoms with van der Waals surface area (Å²) in [7, 11) is 1.48. The standard InChI is InChI=1S/C28H30FN3O4/c1-4-21-27(19-12-25(35-3)30-13-20(19)29)31-14-22(32-21)23-10-9-16-5-8-18(11-24(16)36-23)26(17-6-7-17)15(2)28(33)34/h5,8,11-15,17,23,26H,4,6-7,9-10H2,1-3H3,(H,33,34)/t15-,23+,26-/m0/s1. The van der Waals surface area contributed by atoms with E-state index in [4.69, 9.17) is 14.5 Å². The number of aryl methyl sites for hydroxylation is 2. The van der Waals surface area contributed by atoms with Gasteiger partial charge in [-0.1, -0.05) is 26.0 Å². The zero-order valence-electron chi connectivity index (χ0n) is 20.7. The lowest BCUT2D eigenvalue weighted by atomic mass is 9.82. The summed E-state index contributed by atoms with van der Waals surface area (Å²) in [6.45, 7) is 3.75. The lowest BCUT2D eigenvalue weighted by molar-refractivity contribution is -0.142. The molecule has 2 aromatic heterocycles. The van der Waals surface area contributed by atoms with Gasteiger partial charge in [0.25, 0.3) is 0 Å². The first-order chi connectivity index (χ1) is 17.4. The van der Waals surface area contributed by atoms with E-state index in [0.29, 0.717) is 40.9 Å². The van der Waals surface area contributed by atoms with Crippen molar-refractivity contribution in [3.05, 3.63) is 65.0 Å². The molecule has 7 nitrogen and oxygen atoms in total. The highest BCUT2D eigenvalue weighted by molar-refractivity contribution is 5.71. The normalized spacial score (nSPS) is 18.6. The number of pyridine rings is 1. The first kappa shape index (κ1) is 24.2. The Morgan fingerprint density at radius 3 is 2.72 bits per heavy atom. The van der Waals surface area contributed by atoms with E-state index in [-0.39, 0.29) is 12.0 Å². The number of ether oxygens (including phenoxy) is 2. The van der Waals surface area contributed by atoms with Crippen LogP contribution in [0.4, 0.5) is 4.39 Å². The summed E-state index contributed by atoms with van der Waals surface area (Å²) in [6, 6.07) is 7.68. The Balaban J connectivity index is 1.43. The highest BCUT2D eigenvalue weighted by Crippen LogP contribution is 2.48. The van der Waals surface area contributed by atoms with E-state index in [9.17, 15) is 14.3 Å². The summed E-state index contributed by atoms with van der Waals surface area (Å²) in [4.78, 5) is 25.0. The summed E-state index contributed by atoms with van der Waals surface area (Å²) in [6.07, 6.45) is 6.77. The highest BCUT2D eigenvalue weighted by Gasteiger charge is 2.39. The second-order valence-electron chi connectivity index (χ2n) is 9.65. The number of carbonyl (C=O) groups is 1. The number of hydrogen-bond donors (Lipinski definition) is 1. The first-order valence-electron chi connectivity index (χ1n) is 12.5. The van der Waals surface area contributed by atoms with Crippen LogP contribution in [0.3, 0.4) is 0 Å². The molecule has 1 aromatic carbocycles. The molecule has 0 saturated heterocycles. The van der Waals surface area contributed by atoms with Gasteiger partial charge in [0.2, 0.25) is 5.88 Å². The number of methoxy groups -OCH3 is 1. The van der Waals surface area contributed by atoms with Gasteiger partial charge in [-0.3, -0.25) is 14.8 Å². The van der Waals surface area contributed by atoms with Crippen LogP contribution in [0.15, 0.2) is 36.7 Å². The van der Waals surface area contributed by atoms with Crippen LogP contribution < -0.4 is 9.47 Å². The van der Waals surface area contributed by atoms with Crippen molar-refractivity contribution < 1.29 is 23.8 Å². The predicted molar refractivity (Wildman–Crippen MR) is 132 cm³/mol. The lowest BCUT2D eigenvalue weighted by Gasteiger charge is -2.28. The van der Waals surface area contributed by atoms with Gasteiger partial charge >= 0.3 is 5.97 Å². The van der Waals surface area contributed by atoms with Crippen LogP contribution in [0.25, 0.3) is 11.3 Å². The number of fused-ring (bicyclic) bond motifs is 1. The molecule has 3 heterocycles. The number of rotatable bonds is 8. The maximum Gasteiger partial charge on any atom is 0.306 e. The largest absolute Gasteiger partial charge is 0.484 e. The van der Waals surface area contributed by atoms with Gasteiger partial charge in [0.15, 0.2) is 5.82 Å². The maximum absolute atomic E-state index is 14.6. The molecule has 0 amide bonds. The van der Waals surface area contributed by atoms with Crippen molar-refractivity contribution in [1.29, 1.82) is 0 Å². The molecule has 3 atom stereocenters. The number of benzene rings is 1. The van der Waals surface area contributed by atoms with Gasteiger partial charge in [0.1, 0.15) is 11.9 Å². The number of nitrogens with zero attached hydrogens (tertiary/aromatic N) is 3. The van der Waals surface area contributed by atoms with Gasteiger partial charge in [-0.2, -0.15) is 0 Å². The first-order valence-corrected chi connectivity index (χ1v) is 12.5. The second-order valence-corrected chi connectivity index (χ2v) is 9.65. The molecule has 188 valence electrons. The number of carboxylic acids is 1. The monoisotopic (exact) mass is 491 g/mol. The van der Waals surface area contributed by atoms with E-state index in [1.54, 1.807) is 13.1 Å². The van der Waals surface area contributed by atoms with Crippen LogP contribution in [0.2, 0.25) is 0 Å². The molecule has 0 spiro atoms. The minimum absolute atomic E-state index is 0.0187. The van der Waals surface area contributed by atoms with E-state index < -0.39 is 17.7 Å². The van der Waals surface area contributed by atoms with Crippen molar-refractivity contribution in [1.82, 2.24) is 15.0 Å². The van der Waals surface area contributed by atoms with Crippen molar-refractivity contribution in [3.63, 3.8) is 0 Å². The molecular weight excluding hydrogens is 461 g/mol. The highest BCUT2D eigenvalue weighted by atomic mass is 19.1. The van der Waals surface area contributed by atoms with Gasteiger partial charge < -0.3 is 14.6 Å². The molecule has 3 aromatic rings. The molecule has 0 radical (unpaired) electrons. The molecule has 1 aliphatic carbocycles. The zero-order chi connectivity index (χ0) is 25.4. The van der Waals surface area contributed by atoms with E-state index >= 15 is 0 Å². The molecule has 1 aliphatic heterocycles. The number of halogens is 1. The van der Waals surface area contributed by atoms with Crippen molar-refractivity contribution in [3.8, 4) is 22.9 Å². The average molecular weight is 492 g/mol. The Labute approximate surface area is 209 Å². The summed E-state index contributed by atoms with van der Waals surface area (Å²) < 4.78 is 26.1. The molecule has 2 aliphatic rings. The Morgan fingerprint density at radius 2 is 2.03 bits per heavy atom. The molecule has 1 fully saturated rings. The van der Waals surface area contributed by atoms with Gasteiger partial charge in [-0.05, 0) is 61.1 Å². The van der Waals surface area contributed by atoms with Crippen LogP contribution in [-0.4, -0.2) is 33.1 Å². The molecule has 1 saturated carbocycles. The lowest BCUT2D eigenvalue weighted by Crippen LogP contribution is -2.22. The Kier molecular flexibility index (Phi) is 6.60. The third-order valence-corrected chi connectivity index (χ3v) is 7.30. The van der Waals surface area contributed by atoms with Crippen molar-refractivity contribution in [2.24, 2.45) is 11.8 Å². The van der Waals surface area contributed by atoms with Crippen LogP contribution in [0.1, 0.15) is 67.6 Å². The van der Waals surface area contributed by atoms with Gasteiger partial charge in [0.05, 0.1) is 42.5 Å². The van der Waals surface area contributed by atoms with Gasteiger partial charge in [-0.25, -0.2) is 9.37 Å². The Bertz CT molecular complexity index is 1290. The topological polar surface area (TPSA) is 94.4 Å². The number of carboxylic acid groups (broad SMARTS) is 1. The summed E-state index contributed by atoms with van der Waals surface area (Å²) in [5.41, 5.74) is 4.27. The average Bonchev–Trinajstić information content (AvgIpc) is 3.73. The molecule has 8 heteroatoms. The minimum atomic E-state index is -0.769. The second kappa shape index (κ2) is 9.84. The molecule has 1 N–H and O–H groups in total. The van der Waals surface area contributed by atoms with E-state index in [1.165, 1.54) is 13.2 Å². The number of hydrogen-bond acceptors (Lipinski definition) is 6. The quantitative estimate of drug-likeness (QED) is 0.443. The zero-order valence-corrected chi connectivity index (χ0v) is 20.7. The number of aliphatic carboxylic acids is 1. The van der Waals surface area contributed by atoms with Crippen LogP contribution in [0, 0.1) is 17.7 Å². The van der Waals surface area contributed by atoms with E-state index in [2.05, 4.69) is 22.1 Å². The van der Waals surface area contributed by atoms with Gasteiger partial charge in [-0.15, -0.1) is 0 Å². The summed E-state index contributed by atoms with van der Waals surface area (Å²) in [5.74, 6) is -0.225. The molecule has 0 unspecified atom stereocenters. The van der Waals surface area contributed by atoms with Crippen LogP contribution >= 0.6 is 0 Å². The van der Waals surface area contributed by atoms with E-state index in [1.807, 2.05) is 13.0 Å². The summed E-state index contributed by atoms with van der Waals surface area (Å²) >= 11 is 0. The van der Waals surface area contributed by atoms with Crippen molar-refractivity contribution in [2.75, 3.05) is 7.11 Å². The van der Waals surface area contributed by atoms with E-state index in [0.717, 1.165) is 48.8 Å². The molecule has 5 rings (SSSR count). The smallest absolute Gasteiger partial charge is 0.306 e.